The second-order valence-corrected chi connectivity index (χ2v) is 7.39. The third-order valence-corrected chi connectivity index (χ3v) is 5.18. The molecule has 2 heterocycles. The van der Waals surface area contributed by atoms with Crippen molar-refractivity contribution in [3.63, 3.8) is 0 Å². The average molecular weight is 426 g/mol. The van der Waals surface area contributed by atoms with Crippen molar-refractivity contribution < 1.29 is 9.59 Å². The molecular weight excluding hydrogens is 406 g/mol. The molecule has 0 atom stereocenters. The lowest BCUT2D eigenvalue weighted by molar-refractivity contribution is -0.122. The highest BCUT2D eigenvalue weighted by molar-refractivity contribution is 6.33. The minimum absolute atomic E-state index is 0.0106. The van der Waals surface area contributed by atoms with E-state index >= 15 is 0 Å². The molecule has 30 heavy (non-hydrogen) atoms. The maximum Gasteiger partial charge on any atom is 0.258 e. The molecule has 0 spiro atoms. The first-order valence-corrected chi connectivity index (χ1v) is 10.1. The molecule has 2 amide bonds. The van der Waals surface area contributed by atoms with E-state index in [9.17, 15) is 9.59 Å². The van der Waals surface area contributed by atoms with Crippen molar-refractivity contribution in [2.45, 2.75) is 38.3 Å². The summed E-state index contributed by atoms with van der Waals surface area (Å²) in [6.45, 7) is -0.0106. The zero-order chi connectivity index (χ0) is 20.9. The number of benzene rings is 1. The third kappa shape index (κ3) is 4.62. The fourth-order valence-corrected chi connectivity index (χ4v) is 3.63. The van der Waals surface area contributed by atoms with Crippen molar-refractivity contribution in [2.24, 2.45) is 0 Å². The average Bonchev–Trinajstić information content (AvgIpc) is 3.41. The maximum absolute atomic E-state index is 12.6. The van der Waals surface area contributed by atoms with E-state index in [1.807, 2.05) is 0 Å². The largest absolute Gasteiger partial charge is 0.352 e. The highest BCUT2D eigenvalue weighted by Crippen LogP contribution is 2.25. The number of hydrogen-bond donors (Lipinski definition) is 2. The molecule has 1 saturated carbocycles. The Kier molecular flexibility index (Phi) is 5.99. The van der Waals surface area contributed by atoms with Gasteiger partial charge < -0.3 is 10.6 Å². The Morgan fingerprint density at radius 3 is 2.73 bits per heavy atom. The van der Waals surface area contributed by atoms with Gasteiger partial charge in [-0.3, -0.25) is 9.59 Å². The summed E-state index contributed by atoms with van der Waals surface area (Å²) in [5.74, 6) is -0.237. The molecular formula is C20H20ClN7O2. The van der Waals surface area contributed by atoms with Gasteiger partial charge in [0.1, 0.15) is 11.7 Å². The Bertz CT molecular complexity index is 1060. The number of halogens is 1. The number of nitrogens with one attached hydrogen (secondary N) is 2. The van der Waals surface area contributed by atoms with Crippen molar-refractivity contribution in [1.82, 2.24) is 30.5 Å². The van der Waals surface area contributed by atoms with Crippen LogP contribution in [-0.2, 0) is 11.3 Å². The number of rotatable bonds is 6. The molecule has 0 saturated heterocycles. The number of amides is 2. The second-order valence-electron chi connectivity index (χ2n) is 7.03. The molecule has 0 aliphatic heterocycles. The van der Waals surface area contributed by atoms with Gasteiger partial charge in [0.15, 0.2) is 0 Å². The zero-order valence-corrected chi connectivity index (χ0v) is 16.8. The minimum Gasteiger partial charge on any atom is -0.352 e. The van der Waals surface area contributed by atoms with Gasteiger partial charge in [0.05, 0.1) is 11.3 Å². The summed E-state index contributed by atoms with van der Waals surface area (Å²) in [6.07, 6.45) is 5.82. The Morgan fingerprint density at radius 1 is 1.13 bits per heavy atom. The molecule has 4 rings (SSSR count). The van der Waals surface area contributed by atoms with Crippen LogP contribution in [0.1, 0.15) is 36.0 Å². The fourth-order valence-electron chi connectivity index (χ4n) is 3.42. The number of nitrogens with zero attached hydrogens (tertiary/aromatic N) is 5. The van der Waals surface area contributed by atoms with Crippen LogP contribution in [0.5, 0.6) is 0 Å². The number of carbonyl (C=O) groups is 2. The van der Waals surface area contributed by atoms with Gasteiger partial charge in [0.2, 0.25) is 11.7 Å². The summed E-state index contributed by atoms with van der Waals surface area (Å²) in [6, 6.07) is 10.5. The highest BCUT2D eigenvalue weighted by Gasteiger charge is 2.19. The van der Waals surface area contributed by atoms with Crippen LogP contribution in [0.3, 0.4) is 0 Å². The van der Waals surface area contributed by atoms with Crippen LogP contribution in [0.4, 0.5) is 5.69 Å². The summed E-state index contributed by atoms with van der Waals surface area (Å²) in [5.41, 5.74) is 1.33. The lowest BCUT2D eigenvalue weighted by atomic mass is 10.1. The normalized spacial score (nSPS) is 13.9. The first-order chi connectivity index (χ1) is 14.6. The number of para-hydroxylation sites is 1. The molecule has 1 aliphatic carbocycles. The van der Waals surface area contributed by atoms with E-state index in [2.05, 4.69) is 31.0 Å². The standard InChI is InChI=1S/C20H20ClN7O2/c21-18-15(9-5-11-22-18)20(30)24-16-10-4-3-8-14(16)19-25-27-28(26-19)12-17(29)23-13-6-1-2-7-13/h3-5,8-11,13H,1-2,6-7,12H2,(H,23,29)(H,24,30). The number of anilines is 1. The predicted molar refractivity (Wildman–Crippen MR) is 111 cm³/mol. The van der Waals surface area contributed by atoms with Crippen LogP contribution < -0.4 is 10.6 Å². The first-order valence-electron chi connectivity index (χ1n) is 9.68. The van der Waals surface area contributed by atoms with Gasteiger partial charge in [-0.25, -0.2) is 4.98 Å². The fraction of sp³-hybridized carbons (Fsp3) is 0.300. The van der Waals surface area contributed by atoms with Gasteiger partial charge in [0.25, 0.3) is 5.91 Å². The Morgan fingerprint density at radius 2 is 1.93 bits per heavy atom. The van der Waals surface area contributed by atoms with Crippen LogP contribution in [0.2, 0.25) is 5.15 Å². The van der Waals surface area contributed by atoms with Gasteiger partial charge in [-0.15, -0.1) is 10.2 Å². The van der Waals surface area contributed by atoms with Crippen LogP contribution in [0.25, 0.3) is 11.4 Å². The van der Waals surface area contributed by atoms with Crippen LogP contribution in [-0.4, -0.2) is 43.0 Å². The van der Waals surface area contributed by atoms with E-state index in [-0.39, 0.29) is 29.2 Å². The van der Waals surface area contributed by atoms with E-state index in [1.54, 1.807) is 36.4 Å². The Hall–Kier alpha value is -3.33. The van der Waals surface area contributed by atoms with Crippen LogP contribution in [0.15, 0.2) is 42.6 Å². The second kappa shape index (κ2) is 9.00. The number of aromatic nitrogens is 5. The highest BCUT2D eigenvalue weighted by atomic mass is 35.5. The summed E-state index contributed by atoms with van der Waals surface area (Å²) in [5, 5.41) is 18.2. The molecule has 1 fully saturated rings. The topological polar surface area (TPSA) is 115 Å². The number of carbonyl (C=O) groups excluding carboxylic acids is 2. The van der Waals surface area contributed by atoms with Crippen molar-refractivity contribution in [1.29, 1.82) is 0 Å². The predicted octanol–water partition coefficient (Wildman–Crippen LogP) is 2.70. The SMILES string of the molecule is O=C(Cn1nnc(-c2ccccc2NC(=O)c2cccnc2Cl)n1)NC1CCCC1. The van der Waals surface area contributed by atoms with Gasteiger partial charge in [-0.05, 0) is 42.3 Å². The molecule has 9 nitrogen and oxygen atoms in total. The molecule has 154 valence electrons. The van der Waals surface area contributed by atoms with Gasteiger partial charge >= 0.3 is 0 Å². The summed E-state index contributed by atoms with van der Waals surface area (Å²) < 4.78 is 0. The number of pyridine rings is 1. The maximum atomic E-state index is 12.6. The van der Waals surface area contributed by atoms with E-state index in [0.717, 1.165) is 25.7 Å². The van der Waals surface area contributed by atoms with Gasteiger partial charge in [0, 0.05) is 17.8 Å². The Balaban J connectivity index is 1.48. The lowest BCUT2D eigenvalue weighted by Crippen LogP contribution is -2.35. The first kappa shape index (κ1) is 20.0. The van der Waals surface area contributed by atoms with Gasteiger partial charge in [-0.2, -0.15) is 4.80 Å². The number of tetrazole rings is 1. The Labute approximate surface area is 177 Å². The minimum atomic E-state index is -0.399. The lowest BCUT2D eigenvalue weighted by Gasteiger charge is -2.11. The van der Waals surface area contributed by atoms with Gasteiger partial charge in [-0.1, -0.05) is 36.6 Å². The number of hydrogen-bond acceptors (Lipinski definition) is 6. The molecule has 0 unspecified atom stereocenters. The molecule has 1 aliphatic rings. The smallest absolute Gasteiger partial charge is 0.258 e. The van der Waals surface area contributed by atoms with E-state index < -0.39 is 5.91 Å². The quantitative estimate of drug-likeness (QED) is 0.587. The van der Waals surface area contributed by atoms with E-state index in [4.69, 9.17) is 11.6 Å². The van der Waals surface area contributed by atoms with Crippen molar-refractivity contribution in [3.8, 4) is 11.4 Å². The molecule has 0 bridgehead atoms. The van der Waals surface area contributed by atoms with E-state index in [0.29, 0.717) is 17.1 Å². The van der Waals surface area contributed by atoms with Crippen molar-refractivity contribution in [2.75, 3.05) is 5.32 Å². The van der Waals surface area contributed by atoms with Crippen LogP contribution >= 0.6 is 11.6 Å². The summed E-state index contributed by atoms with van der Waals surface area (Å²) in [4.78, 5) is 29.9. The monoisotopic (exact) mass is 425 g/mol. The summed E-state index contributed by atoms with van der Waals surface area (Å²) >= 11 is 6.01. The molecule has 2 N–H and O–H groups in total. The molecule has 3 aromatic rings. The zero-order valence-electron chi connectivity index (χ0n) is 16.1. The van der Waals surface area contributed by atoms with Crippen LogP contribution in [0, 0.1) is 0 Å². The van der Waals surface area contributed by atoms with Crippen molar-refractivity contribution >= 4 is 29.1 Å². The molecule has 2 aromatic heterocycles. The van der Waals surface area contributed by atoms with Crippen molar-refractivity contribution in [3.05, 3.63) is 53.3 Å². The molecule has 0 radical (unpaired) electrons. The molecule has 1 aromatic carbocycles. The summed E-state index contributed by atoms with van der Waals surface area (Å²) in [7, 11) is 0. The third-order valence-electron chi connectivity index (χ3n) is 4.88. The molecule has 10 heteroatoms. The van der Waals surface area contributed by atoms with E-state index in [1.165, 1.54) is 11.0 Å².